The summed E-state index contributed by atoms with van der Waals surface area (Å²) in [6, 6.07) is 17.3. The highest BCUT2D eigenvalue weighted by Gasteiger charge is 2.34. The topological polar surface area (TPSA) is 82.0 Å². The zero-order valence-corrected chi connectivity index (χ0v) is 19.8. The number of nitrogens with zero attached hydrogens (tertiary/aromatic N) is 2. The van der Waals surface area contributed by atoms with Crippen molar-refractivity contribution < 1.29 is 14.7 Å². The molecule has 6 heteroatoms. The van der Waals surface area contributed by atoms with Crippen molar-refractivity contribution in [3.63, 3.8) is 0 Å². The van der Waals surface area contributed by atoms with E-state index in [-0.39, 0.29) is 11.8 Å². The van der Waals surface area contributed by atoms with Crippen LogP contribution in [0.2, 0.25) is 0 Å². The summed E-state index contributed by atoms with van der Waals surface area (Å²) < 4.78 is 0. The summed E-state index contributed by atoms with van der Waals surface area (Å²) in [6.45, 7) is 4.12. The van der Waals surface area contributed by atoms with E-state index in [1.54, 1.807) is 11.9 Å². The predicted molar refractivity (Wildman–Crippen MR) is 132 cm³/mol. The first kappa shape index (κ1) is 24.6. The monoisotopic (exact) mass is 449 g/mol. The molecule has 2 aromatic carbocycles. The quantitative estimate of drug-likeness (QED) is 0.567. The fourth-order valence-electron chi connectivity index (χ4n) is 4.22. The molecule has 0 saturated carbocycles. The number of hydrogen-bond donors (Lipinski definition) is 2. The summed E-state index contributed by atoms with van der Waals surface area (Å²) in [6.07, 6.45) is 2.94. The van der Waals surface area contributed by atoms with E-state index in [0.29, 0.717) is 18.6 Å². The van der Waals surface area contributed by atoms with Crippen LogP contribution in [0.4, 0.5) is 5.69 Å². The van der Waals surface area contributed by atoms with E-state index < -0.39 is 18.2 Å². The standard InChI is InChI=1S/C27H35N3O3/c1-4-6-15-21(23(31)18-7-5-2)26(32)29-25-27(33)30(3)22-17-12-11-16-20(22)24(28-25)19-13-9-8-10-14-19/h8-14,16-17,21,23,25,31H,4-7,15,18H2,1-3H3,(H,29,32)/t21?,23?,25-/m1/s1. The van der Waals surface area contributed by atoms with Gasteiger partial charge < -0.3 is 15.3 Å². The number of carbonyl (C=O) groups is 2. The lowest BCUT2D eigenvalue weighted by Crippen LogP contribution is -2.49. The van der Waals surface area contributed by atoms with Crippen molar-refractivity contribution in [2.45, 2.75) is 64.6 Å². The Morgan fingerprint density at radius 1 is 1.03 bits per heavy atom. The Bertz CT molecular complexity index is 974. The molecule has 2 aromatic rings. The van der Waals surface area contributed by atoms with Gasteiger partial charge in [0, 0.05) is 18.2 Å². The molecule has 0 bridgehead atoms. The SMILES string of the molecule is CCCCC(O)C(CCCC)C(=O)N[C@H]1N=C(c2ccccc2)c2ccccc2N(C)C1=O. The van der Waals surface area contributed by atoms with Gasteiger partial charge in [0.25, 0.3) is 5.91 Å². The molecule has 0 fully saturated rings. The van der Waals surface area contributed by atoms with E-state index in [9.17, 15) is 14.7 Å². The Morgan fingerprint density at radius 3 is 2.36 bits per heavy atom. The number of amides is 2. The second-order valence-corrected chi connectivity index (χ2v) is 8.63. The highest BCUT2D eigenvalue weighted by Crippen LogP contribution is 2.27. The van der Waals surface area contributed by atoms with Crippen molar-refractivity contribution in [1.29, 1.82) is 0 Å². The zero-order chi connectivity index (χ0) is 23.8. The van der Waals surface area contributed by atoms with Crippen LogP contribution in [-0.4, -0.2) is 41.9 Å². The molecule has 0 aliphatic carbocycles. The average Bonchev–Trinajstić information content (AvgIpc) is 2.94. The molecule has 1 heterocycles. The third-order valence-electron chi connectivity index (χ3n) is 6.19. The Labute approximate surface area is 196 Å². The molecule has 2 amide bonds. The van der Waals surface area contributed by atoms with Crippen molar-refractivity contribution in [2.75, 3.05) is 11.9 Å². The van der Waals surface area contributed by atoms with Crippen LogP contribution in [0, 0.1) is 5.92 Å². The van der Waals surface area contributed by atoms with Gasteiger partial charge in [-0.1, -0.05) is 88.1 Å². The molecular weight excluding hydrogens is 414 g/mol. The molecule has 2 unspecified atom stereocenters. The number of para-hydroxylation sites is 1. The zero-order valence-electron chi connectivity index (χ0n) is 19.8. The Balaban J connectivity index is 1.95. The number of unbranched alkanes of at least 4 members (excludes halogenated alkanes) is 2. The number of benzodiazepines with no additional fused rings is 1. The molecule has 6 nitrogen and oxygen atoms in total. The summed E-state index contributed by atoms with van der Waals surface area (Å²) in [7, 11) is 1.70. The number of nitrogens with one attached hydrogen (secondary N) is 1. The van der Waals surface area contributed by atoms with Gasteiger partial charge in [-0.2, -0.15) is 0 Å². The largest absolute Gasteiger partial charge is 0.392 e. The normalized spacial score (nSPS) is 17.6. The lowest BCUT2D eigenvalue weighted by Gasteiger charge is -2.25. The van der Waals surface area contributed by atoms with Gasteiger partial charge in [0.1, 0.15) is 0 Å². The number of benzene rings is 2. The maximum atomic E-state index is 13.3. The Hall–Kier alpha value is -2.99. The van der Waals surface area contributed by atoms with Gasteiger partial charge in [-0.15, -0.1) is 0 Å². The molecule has 0 radical (unpaired) electrons. The van der Waals surface area contributed by atoms with Crippen molar-refractivity contribution in [3.8, 4) is 0 Å². The highest BCUT2D eigenvalue weighted by molar-refractivity contribution is 6.20. The van der Waals surface area contributed by atoms with E-state index in [4.69, 9.17) is 4.99 Å². The summed E-state index contributed by atoms with van der Waals surface area (Å²) in [5, 5.41) is 13.6. The number of carbonyl (C=O) groups excluding carboxylic acids is 2. The Kier molecular flexibility index (Phi) is 8.78. The van der Waals surface area contributed by atoms with E-state index in [1.165, 1.54) is 0 Å². The number of hydrogen-bond acceptors (Lipinski definition) is 4. The molecule has 1 aliphatic rings. The van der Waals surface area contributed by atoms with E-state index in [0.717, 1.165) is 42.5 Å². The van der Waals surface area contributed by atoms with E-state index >= 15 is 0 Å². The second kappa shape index (κ2) is 11.8. The molecule has 1 aliphatic heterocycles. The molecule has 0 aromatic heterocycles. The van der Waals surface area contributed by atoms with Crippen LogP contribution < -0.4 is 10.2 Å². The van der Waals surface area contributed by atoms with Gasteiger partial charge >= 0.3 is 0 Å². The Morgan fingerprint density at radius 2 is 1.67 bits per heavy atom. The predicted octanol–water partition coefficient (Wildman–Crippen LogP) is 4.30. The fraction of sp³-hybridized carbons (Fsp3) is 0.444. The number of fused-ring (bicyclic) bond motifs is 1. The number of anilines is 1. The van der Waals surface area contributed by atoms with Gasteiger partial charge in [-0.05, 0) is 18.9 Å². The smallest absolute Gasteiger partial charge is 0.272 e. The minimum absolute atomic E-state index is 0.306. The first-order valence-corrected chi connectivity index (χ1v) is 12.0. The van der Waals surface area contributed by atoms with Crippen molar-refractivity contribution in [3.05, 3.63) is 65.7 Å². The van der Waals surface area contributed by atoms with Crippen LogP contribution in [0.3, 0.4) is 0 Å². The molecule has 176 valence electrons. The number of likely N-dealkylation sites (N-methyl/N-ethyl adjacent to an activating group) is 1. The van der Waals surface area contributed by atoms with Crippen LogP contribution in [0.15, 0.2) is 59.6 Å². The lowest BCUT2D eigenvalue weighted by molar-refractivity contribution is -0.133. The number of aliphatic hydroxyl groups is 1. The first-order valence-electron chi connectivity index (χ1n) is 12.0. The van der Waals surface area contributed by atoms with E-state index in [1.807, 2.05) is 54.6 Å². The molecular formula is C27H35N3O3. The second-order valence-electron chi connectivity index (χ2n) is 8.63. The van der Waals surface area contributed by atoms with Crippen LogP contribution in [-0.2, 0) is 9.59 Å². The summed E-state index contributed by atoms with van der Waals surface area (Å²) in [5.74, 6) is -1.18. The van der Waals surface area contributed by atoms with Gasteiger partial charge in [0.15, 0.2) is 0 Å². The molecule has 3 rings (SSSR count). The average molecular weight is 450 g/mol. The van der Waals surface area contributed by atoms with Gasteiger partial charge in [-0.3, -0.25) is 9.59 Å². The van der Waals surface area contributed by atoms with Crippen LogP contribution in [0.1, 0.15) is 63.5 Å². The van der Waals surface area contributed by atoms with Crippen molar-refractivity contribution in [2.24, 2.45) is 10.9 Å². The van der Waals surface area contributed by atoms with E-state index in [2.05, 4.69) is 19.2 Å². The lowest BCUT2D eigenvalue weighted by atomic mass is 9.91. The highest BCUT2D eigenvalue weighted by atomic mass is 16.3. The molecule has 33 heavy (non-hydrogen) atoms. The van der Waals surface area contributed by atoms with Gasteiger partial charge in [-0.25, -0.2) is 4.99 Å². The summed E-state index contributed by atoms with van der Waals surface area (Å²) in [5.41, 5.74) is 3.11. The maximum absolute atomic E-state index is 13.3. The van der Waals surface area contributed by atoms with Crippen molar-refractivity contribution >= 4 is 23.2 Å². The third-order valence-corrected chi connectivity index (χ3v) is 6.19. The first-order chi connectivity index (χ1) is 16.0. The molecule has 2 N–H and O–H groups in total. The molecule has 3 atom stereocenters. The summed E-state index contributed by atoms with van der Waals surface area (Å²) in [4.78, 5) is 32.9. The van der Waals surface area contributed by atoms with Crippen molar-refractivity contribution in [1.82, 2.24) is 5.32 Å². The number of aliphatic hydroxyl groups excluding tert-OH is 1. The third kappa shape index (κ3) is 5.88. The van der Waals surface area contributed by atoms with Crippen LogP contribution in [0.5, 0.6) is 0 Å². The maximum Gasteiger partial charge on any atom is 0.272 e. The van der Waals surface area contributed by atoms with Crippen LogP contribution >= 0.6 is 0 Å². The summed E-state index contributed by atoms with van der Waals surface area (Å²) >= 11 is 0. The number of rotatable bonds is 10. The van der Waals surface area contributed by atoms with Gasteiger partial charge in [0.05, 0.1) is 23.4 Å². The van der Waals surface area contributed by atoms with Crippen LogP contribution in [0.25, 0.3) is 0 Å². The molecule has 0 saturated heterocycles. The van der Waals surface area contributed by atoms with Gasteiger partial charge in [0.2, 0.25) is 12.1 Å². The number of aliphatic imine (C=N–C) groups is 1. The molecule has 0 spiro atoms. The fourth-order valence-corrected chi connectivity index (χ4v) is 4.22. The minimum atomic E-state index is -1.06. The minimum Gasteiger partial charge on any atom is -0.392 e.